The second kappa shape index (κ2) is 6.84. The first-order chi connectivity index (χ1) is 13.3. The Morgan fingerprint density at radius 3 is 2.18 bits per heavy atom. The number of pyridine rings is 1. The van der Waals surface area contributed by atoms with Crippen LogP contribution in [-0.4, -0.2) is 29.1 Å². The van der Waals surface area contributed by atoms with Crippen LogP contribution < -0.4 is 5.46 Å². The zero-order chi connectivity index (χ0) is 19.9. The van der Waals surface area contributed by atoms with Gasteiger partial charge in [-0.2, -0.15) is 0 Å². The van der Waals surface area contributed by atoms with Gasteiger partial charge in [0.25, 0.3) is 0 Å². The summed E-state index contributed by atoms with van der Waals surface area (Å²) in [5.74, 6) is 0.0513. The lowest BCUT2D eigenvalue weighted by Gasteiger charge is -2.32. The number of benzene rings is 2. The Labute approximate surface area is 166 Å². The maximum absolute atomic E-state index is 13.0. The fourth-order valence-corrected chi connectivity index (χ4v) is 3.50. The molecule has 0 spiro atoms. The van der Waals surface area contributed by atoms with Gasteiger partial charge < -0.3 is 9.31 Å². The Kier molecular flexibility index (Phi) is 4.60. The number of nitrogens with zero attached hydrogens (tertiary/aromatic N) is 1. The fraction of sp³-hybridized carbons (Fsp3) is 0.304. The molecule has 0 bridgehead atoms. The minimum Gasteiger partial charge on any atom is -0.399 e. The third-order valence-corrected chi connectivity index (χ3v) is 5.83. The normalized spacial score (nSPS) is 17.8. The molecule has 0 saturated carbocycles. The maximum atomic E-state index is 13.0. The van der Waals surface area contributed by atoms with E-state index in [0.29, 0.717) is 5.56 Å². The molecule has 28 heavy (non-hydrogen) atoms. The molecule has 0 unspecified atom stereocenters. The lowest BCUT2D eigenvalue weighted by atomic mass is 9.75. The number of hydrogen-bond acceptors (Lipinski definition) is 4. The van der Waals surface area contributed by atoms with Crippen LogP contribution in [0.4, 0.5) is 0 Å². The van der Waals surface area contributed by atoms with Gasteiger partial charge in [0.05, 0.1) is 17.6 Å². The Morgan fingerprint density at radius 2 is 1.54 bits per heavy atom. The molecular formula is C23H24BNO3. The lowest BCUT2D eigenvalue weighted by Crippen LogP contribution is -2.41. The summed E-state index contributed by atoms with van der Waals surface area (Å²) in [5.41, 5.74) is 1.59. The summed E-state index contributed by atoms with van der Waals surface area (Å²) in [6.07, 6.45) is 1.99. The molecule has 1 aromatic heterocycles. The van der Waals surface area contributed by atoms with Gasteiger partial charge >= 0.3 is 7.12 Å². The van der Waals surface area contributed by atoms with Crippen LogP contribution in [0.3, 0.4) is 0 Å². The summed E-state index contributed by atoms with van der Waals surface area (Å²) in [6.45, 7) is 8.17. The van der Waals surface area contributed by atoms with E-state index in [-0.39, 0.29) is 12.2 Å². The molecule has 3 aromatic rings. The van der Waals surface area contributed by atoms with Gasteiger partial charge in [0, 0.05) is 17.5 Å². The summed E-state index contributed by atoms with van der Waals surface area (Å²) in [5, 5.41) is 1.89. The molecule has 0 amide bonds. The second-order valence-electron chi connectivity index (χ2n) is 8.26. The van der Waals surface area contributed by atoms with E-state index in [4.69, 9.17) is 9.31 Å². The van der Waals surface area contributed by atoms with Gasteiger partial charge in [0.1, 0.15) is 0 Å². The summed E-state index contributed by atoms with van der Waals surface area (Å²) in [7, 11) is -0.463. The average molecular weight is 373 g/mol. The van der Waals surface area contributed by atoms with Crippen LogP contribution in [0.1, 0.15) is 43.7 Å². The third-order valence-electron chi connectivity index (χ3n) is 5.83. The molecule has 4 nitrogen and oxygen atoms in total. The van der Waals surface area contributed by atoms with E-state index in [1.54, 1.807) is 6.20 Å². The van der Waals surface area contributed by atoms with Gasteiger partial charge in [0.2, 0.25) is 0 Å². The number of carbonyl (C=O) groups is 1. The first kappa shape index (κ1) is 18.8. The molecule has 0 radical (unpaired) electrons. The van der Waals surface area contributed by atoms with Crippen LogP contribution in [0.2, 0.25) is 0 Å². The van der Waals surface area contributed by atoms with E-state index in [9.17, 15) is 4.79 Å². The lowest BCUT2D eigenvalue weighted by molar-refractivity contribution is 0.00578. The first-order valence-electron chi connectivity index (χ1n) is 9.59. The van der Waals surface area contributed by atoms with Crippen molar-refractivity contribution in [1.29, 1.82) is 0 Å². The van der Waals surface area contributed by atoms with Crippen molar-refractivity contribution in [2.24, 2.45) is 0 Å². The molecule has 0 atom stereocenters. The highest BCUT2D eigenvalue weighted by Crippen LogP contribution is 2.37. The largest absolute Gasteiger partial charge is 0.495 e. The first-order valence-corrected chi connectivity index (χ1v) is 9.59. The Morgan fingerprint density at radius 1 is 0.893 bits per heavy atom. The van der Waals surface area contributed by atoms with E-state index in [2.05, 4.69) is 4.98 Å². The zero-order valence-corrected chi connectivity index (χ0v) is 16.7. The van der Waals surface area contributed by atoms with Gasteiger partial charge in [0.15, 0.2) is 5.78 Å². The van der Waals surface area contributed by atoms with Crippen molar-refractivity contribution in [2.45, 2.75) is 45.3 Å². The molecule has 0 N–H and O–H groups in total. The van der Waals surface area contributed by atoms with E-state index >= 15 is 0 Å². The number of hydrogen-bond donors (Lipinski definition) is 0. The molecule has 1 saturated heterocycles. The Balaban J connectivity index is 1.73. The predicted octanol–water partition coefficient (Wildman–Crippen LogP) is 3.96. The van der Waals surface area contributed by atoms with Crippen molar-refractivity contribution in [3.8, 4) is 0 Å². The number of ketones is 1. The maximum Gasteiger partial charge on any atom is 0.495 e. The molecule has 2 aromatic carbocycles. The highest BCUT2D eigenvalue weighted by Gasteiger charge is 2.52. The summed E-state index contributed by atoms with van der Waals surface area (Å²) >= 11 is 0. The topological polar surface area (TPSA) is 48.4 Å². The molecule has 0 aliphatic carbocycles. The highest BCUT2D eigenvalue weighted by molar-refractivity contribution is 6.65. The van der Waals surface area contributed by atoms with Crippen molar-refractivity contribution in [1.82, 2.24) is 4.98 Å². The van der Waals surface area contributed by atoms with Gasteiger partial charge in [-0.15, -0.1) is 0 Å². The molecular weight excluding hydrogens is 349 g/mol. The second-order valence-corrected chi connectivity index (χ2v) is 8.26. The van der Waals surface area contributed by atoms with Crippen LogP contribution in [-0.2, 0) is 15.7 Å². The minimum absolute atomic E-state index is 0.0513. The van der Waals surface area contributed by atoms with Gasteiger partial charge in [-0.25, -0.2) is 0 Å². The SMILES string of the molecule is CC1(C)OB(c2ccc(C(=O)Cc3ccccn3)c3ccccc23)OC1(C)C. The van der Waals surface area contributed by atoms with Crippen molar-refractivity contribution < 1.29 is 14.1 Å². The monoisotopic (exact) mass is 373 g/mol. The smallest absolute Gasteiger partial charge is 0.399 e. The number of rotatable bonds is 4. The predicted molar refractivity (Wildman–Crippen MR) is 112 cm³/mol. The Hall–Kier alpha value is -2.50. The zero-order valence-electron chi connectivity index (χ0n) is 16.7. The highest BCUT2D eigenvalue weighted by atomic mass is 16.7. The number of Topliss-reactive ketones (excluding diaryl/α,β-unsaturated/α-hetero) is 1. The van der Waals surface area contributed by atoms with Crippen LogP contribution in [0, 0.1) is 0 Å². The summed E-state index contributed by atoms with van der Waals surface area (Å²) < 4.78 is 12.5. The average Bonchev–Trinajstić information content (AvgIpc) is 2.88. The molecule has 1 fully saturated rings. The number of carbonyl (C=O) groups excluding carboxylic acids is 1. The van der Waals surface area contributed by atoms with Crippen LogP contribution in [0.15, 0.2) is 60.8 Å². The molecule has 1 aliphatic rings. The van der Waals surface area contributed by atoms with Crippen LogP contribution in [0.5, 0.6) is 0 Å². The van der Waals surface area contributed by atoms with E-state index in [1.165, 1.54) is 0 Å². The van der Waals surface area contributed by atoms with Gasteiger partial charge in [-0.1, -0.05) is 42.5 Å². The van der Waals surface area contributed by atoms with Crippen LogP contribution >= 0.6 is 0 Å². The van der Waals surface area contributed by atoms with E-state index < -0.39 is 18.3 Å². The molecule has 4 rings (SSSR count). The molecule has 2 heterocycles. The fourth-order valence-electron chi connectivity index (χ4n) is 3.50. The van der Waals surface area contributed by atoms with Crippen molar-refractivity contribution in [3.63, 3.8) is 0 Å². The third kappa shape index (κ3) is 3.25. The van der Waals surface area contributed by atoms with E-state index in [1.807, 2.05) is 82.3 Å². The van der Waals surface area contributed by atoms with Crippen molar-refractivity contribution in [2.75, 3.05) is 0 Å². The number of fused-ring (bicyclic) bond motifs is 1. The molecule has 142 valence electrons. The molecule has 5 heteroatoms. The standard InChI is InChI=1S/C23H24BNO3/c1-22(2)23(3,4)28-24(27-22)20-13-12-19(17-10-5-6-11-18(17)20)21(26)15-16-9-7-8-14-25-16/h5-14H,15H2,1-4H3. The minimum atomic E-state index is -0.463. The number of aromatic nitrogens is 1. The molecule has 1 aliphatic heterocycles. The van der Waals surface area contributed by atoms with Gasteiger partial charge in [-0.3, -0.25) is 9.78 Å². The van der Waals surface area contributed by atoms with Gasteiger partial charge in [-0.05, 0) is 56.1 Å². The Bertz CT molecular complexity index is 1010. The van der Waals surface area contributed by atoms with Crippen molar-refractivity contribution in [3.05, 3.63) is 72.1 Å². The quantitative estimate of drug-likeness (QED) is 0.513. The summed E-state index contributed by atoms with van der Waals surface area (Å²) in [4.78, 5) is 17.2. The van der Waals surface area contributed by atoms with E-state index in [0.717, 1.165) is 21.9 Å². The van der Waals surface area contributed by atoms with Crippen LogP contribution in [0.25, 0.3) is 10.8 Å². The summed E-state index contributed by atoms with van der Waals surface area (Å²) in [6, 6.07) is 17.4. The van der Waals surface area contributed by atoms with Crippen molar-refractivity contribution >= 4 is 29.1 Å².